The average Bonchev–Trinajstić information content (AvgIpc) is 2.74. The van der Waals surface area contributed by atoms with Crippen LogP contribution < -0.4 is 5.32 Å². The predicted octanol–water partition coefficient (Wildman–Crippen LogP) is 0.456. The third-order valence-electron chi connectivity index (χ3n) is 2.81. The van der Waals surface area contributed by atoms with Gasteiger partial charge in [0.2, 0.25) is 0 Å². The van der Waals surface area contributed by atoms with E-state index in [0.29, 0.717) is 12.0 Å². The molecule has 1 aromatic heterocycles. The van der Waals surface area contributed by atoms with Gasteiger partial charge in [0.15, 0.2) is 5.82 Å². The molecule has 0 spiro atoms. The molecule has 1 heterocycles. The highest BCUT2D eigenvalue weighted by Crippen LogP contribution is 2.31. The topological polar surface area (TPSA) is 55.6 Å². The Balaban J connectivity index is 1.95. The summed E-state index contributed by atoms with van der Waals surface area (Å²) in [6.07, 6.45) is 3.57. The van der Waals surface area contributed by atoms with Crippen molar-refractivity contribution in [2.75, 3.05) is 6.54 Å². The zero-order chi connectivity index (χ0) is 9.97. The Morgan fingerprint density at radius 3 is 3.00 bits per heavy atom. The van der Waals surface area contributed by atoms with Gasteiger partial charge in [-0.15, -0.1) is 10.2 Å². The van der Waals surface area contributed by atoms with Crippen LogP contribution in [0, 0.1) is 0 Å². The Morgan fingerprint density at radius 1 is 1.50 bits per heavy atom. The van der Waals surface area contributed by atoms with Gasteiger partial charge in [0, 0.05) is 12.0 Å². The second-order valence-electron chi connectivity index (χ2n) is 3.90. The molecule has 1 aliphatic carbocycles. The number of aromatic nitrogens is 4. The molecule has 0 bridgehead atoms. The summed E-state index contributed by atoms with van der Waals surface area (Å²) in [5.41, 5.74) is 0. The Bertz CT molecular complexity index is 295. The number of hydrogen-bond acceptors (Lipinski definition) is 4. The van der Waals surface area contributed by atoms with Gasteiger partial charge in [-0.1, -0.05) is 6.92 Å². The van der Waals surface area contributed by atoms with Crippen molar-refractivity contribution in [1.29, 1.82) is 0 Å². The van der Waals surface area contributed by atoms with Crippen LogP contribution in [0.25, 0.3) is 0 Å². The summed E-state index contributed by atoms with van der Waals surface area (Å²) in [7, 11) is 1.81. The SMILES string of the molecule is CCNC1CCC(c2nnn(C)n2)C1. The quantitative estimate of drug-likeness (QED) is 0.761. The van der Waals surface area contributed by atoms with Crippen LogP contribution in [0.15, 0.2) is 0 Å². The number of tetrazole rings is 1. The third kappa shape index (κ3) is 1.92. The van der Waals surface area contributed by atoms with Crippen LogP contribution >= 0.6 is 0 Å². The van der Waals surface area contributed by atoms with Crippen molar-refractivity contribution in [2.24, 2.45) is 7.05 Å². The second kappa shape index (κ2) is 4.04. The van der Waals surface area contributed by atoms with E-state index in [0.717, 1.165) is 18.8 Å². The number of nitrogens with zero attached hydrogens (tertiary/aromatic N) is 4. The maximum absolute atomic E-state index is 4.25. The fraction of sp³-hybridized carbons (Fsp3) is 0.889. The van der Waals surface area contributed by atoms with E-state index in [2.05, 4.69) is 27.7 Å². The summed E-state index contributed by atoms with van der Waals surface area (Å²) in [4.78, 5) is 1.54. The first-order valence-electron chi connectivity index (χ1n) is 5.27. The highest BCUT2D eigenvalue weighted by Gasteiger charge is 2.28. The lowest BCUT2D eigenvalue weighted by atomic mass is 10.1. The predicted molar refractivity (Wildman–Crippen MR) is 52.9 cm³/mol. The minimum absolute atomic E-state index is 0.507. The first-order chi connectivity index (χ1) is 6.79. The summed E-state index contributed by atoms with van der Waals surface area (Å²) < 4.78 is 0. The molecule has 2 atom stereocenters. The first-order valence-corrected chi connectivity index (χ1v) is 5.27. The van der Waals surface area contributed by atoms with Crippen molar-refractivity contribution >= 4 is 0 Å². The molecule has 1 N–H and O–H groups in total. The maximum Gasteiger partial charge on any atom is 0.177 e. The lowest BCUT2D eigenvalue weighted by molar-refractivity contribution is 0.530. The summed E-state index contributed by atoms with van der Waals surface area (Å²) >= 11 is 0. The fourth-order valence-corrected chi connectivity index (χ4v) is 2.15. The fourth-order valence-electron chi connectivity index (χ4n) is 2.15. The summed E-state index contributed by atoms with van der Waals surface area (Å²) in [6.45, 7) is 3.19. The molecule has 0 amide bonds. The van der Waals surface area contributed by atoms with Crippen molar-refractivity contribution in [3.05, 3.63) is 5.82 Å². The largest absolute Gasteiger partial charge is 0.314 e. The highest BCUT2D eigenvalue weighted by atomic mass is 15.6. The lowest BCUT2D eigenvalue weighted by Gasteiger charge is -2.09. The Labute approximate surface area is 83.9 Å². The summed E-state index contributed by atoms with van der Waals surface area (Å²) in [6, 6.07) is 0.647. The molecule has 2 unspecified atom stereocenters. The molecule has 1 aromatic rings. The van der Waals surface area contributed by atoms with Gasteiger partial charge in [-0.2, -0.15) is 4.80 Å². The van der Waals surface area contributed by atoms with Crippen LogP contribution in [-0.2, 0) is 7.05 Å². The van der Waals surface area contributed by atoms with Gasteiger partial charge in [0.25, 0.3) is 0 Å². The molecule has 5 heteroatoms. The summed E-state index contributed by atoms with van der Waals surface area (Å²) in [5.74, 6) is 1.42. The van der Waals surface area contributed by atoms with Gasteiger partial charge >= 0.3 is 0 Å². The van der Waals surface area contributed by atoms with Crippen LogP contribution in [0.1, 0.15) is 37.9 Å². The molecule has 0 saturated heterocycles. The first kappa shape index (κ1) is 9.58. The van der Waals surface area contributed by atoms with Crippen LogP contribution in [0.5, 0.6) is 0 Å². The number of aryl methyl sites for hydroxylation is 1. The molecule has 2 rings (SSSR count). The van der Waals surface area contributed by atoms with E-state index < -0.39 is 0 Å². The van der Waals surface area contributed by atoms with Crippen molar-refractivity contribution in [1.82, 2.24) is 25.5 Å². The van der Waals surface area contributed by atoms with Gasteiger partial charge in [-0.05, 0) is 31.0 Å². The minimum atomic E-state index is 0.507. The molecule has 14 heavy (non-hydrogen) atoms. The van der Waals surface area contributed by atoms with E-state index in [1.807, 2.05) is 7.05 Å². The van der Waals surface area contributed by atoms with Crippen LogP contribution in [0.3, 0.4) is 0 Å². The maximum atomic E-state index is 4.25. The average molecular weight is 195 g/mol. The van der Waals surface area contributed by atoms with E-state index >= 15 is 0 Å². The van der Waals surface area contributed by atoms with E-state index in [4.69, 9.17) is 0 Å². The van der Waals surface area contributed by atoms with E-state index in [1.54, 1.807) is 0 Å². The van der Waals surface area contributed by atoms with Crippen molar-refractivity contribution in [2.45, 2.75) is 38.1 Å². The second-order valence-corrected chi connectivity index (χ2v) is 3.90. The van der Waals surface area contributed by atoms with Crippen molar-refractivity contribution in [3.8, 4) is 0 Å². The molecule has 0 aromatic carbocycles. The van der Waals surface area contributed by atoms with Gasteiger partial charge in [0.1, 0.15) is 0 Å². The number of rotatable bonds is 3. The lowest BCUT2D eigenvalue weighted by Crippen LogP contribution is -2.25. The van der Waals surface area contributed by atoms with Gasteiger partial charge in [-0.3, -0.25) is 0 Å². The highest BCUT2D eigenvalue weighted by molar-refractivity contribution is 4.98. The standard InChI is InChI=1S/C9H17N5/c1-3-10-8-5-4-7(6-8)9-11-13-14(2)12-9/h7-8,10H,3-6H2,1-2H3. The monoisotopic (exact) mass is 195 g/mol. The third-order valence-corrected chi connectivity index (χ3v) is 2.81. The Morgan fingerprint density at radius 2 is 2.36 bits per heavy atom. The normalized spacial score (nSPS) is 27.0. The van der Waals surface area contributed by atoms with E-state index in [-0.39, 0.29) is 0 Å². The molecule has 0 aliphatic heterocycles. The molecule has 1 fully saturated rings. The van der Waals surface area contributed by atoms with Gasteiger partial charge in [-0.25, -0.2) is 0 Å². The number of nitrogens with one attached hydrogen (secondary N) is 1. The molecule has 1 aliphatic rings. The molecule has 78 valence electrons. The molecule has 5 nitrogen and oxygen atoms in total. The Hall–Kier alpha value is -0.970. The smallest absolute Gasteiger partial charge is 0.177 e. The van der Waals surface area contributed by atoms with E-state index in [9.17, 15) is 0 Å². The minimum Gasteiger partial charge on any atom is -0.314 e. The van der Waals surface area contributed by atoms with Crippen LogP contribution in [0.2, 0.25) is 0 Å². The van der Waals surface area contributed by atoms with Crippen LogP contribution in [-0.4, -0.2) is 32.8 Å². The molecular formula is C9H17N5. The number of hydrogen-bond donors (Lipinski definition) is 1. The molecule has 1 saturated carbocycles. The molecule has 0 radical (unpaired) electrons. The van der Waals surface area contributed by atoms with E-state index in [1.165, 1.54) is 17.6 Å². The zero-order valence-corrected chi connectivity index (χ0v) is 8.77. The molecular weight excluding hydrogens is 178 g/mol. The van der Waals surface area contributed by atoms with Crippen molar-refractivity contribution < 1.29 is 0 Å². The van der Waals surface area contributed by atoms with Gasteiger partial charge in [0.05, 0.1) is 7.05 Å². The Kier molecular flexibility index (Phi) is 2.77. The van der Waals surface area contributed by atoms with Crippen molar-refractivity contribution in [3.63, 3.8) is 0 Å². The summed E-state index contributed by atoms with van der Waals surface area (Å²) in [5, 5.41) is 15.7. The van der Waals surface area contributed by atoms with Crippen LogP contribution in [0.4, 0.5) is 0 Å². The van der Waals surface area contributed by atoms with Gasteiger partial charge < -0.3 is 5.32 Å². The zero-order valence-electron chi connectivity index (χ0n) is 8.77.